The highest BCUT2D eigenvalue weighted by molar-refractivity contribution is 5.99. The number of rotatable bonds is 4. The van der Waals surface area contributed by atoms with Crippen molar-refractivity contribution in [1.82, 2.24) is 15.1 Å². The second kappa shape index (κ2) is 8.20. The Morgan fingerprint density at radius 1 is 1.27 bits per heavy atom. The van der Waals surface area contributed by atoms with Crippen LogP contribution in [0.3, 0.4) is 0 Å². The molecule has 162 valence electrons. The van der Waals surface area contributed by atoms with Gasteiger partial charge in [-0.05, 0) is 30.5 Å². The number of fused-ring (bicyclic) bond motifs is 1. The van der Waals surface area contributed by atoms with E-state index in [9.17, 15) is 18.0 Å². The Hall–Kier alpha value is -2.71. The van der Waals surface area contributed by atoms with Gasteiger partial charge in [0.25, 0.3) is 5.91 Å². The van der Waals surface area contributed by atoms with Gasteiger partial charge in [0.15, 0.2) is 6.04 Å². The number of carbonyl (C=O) groups excluding carboxylic acids is 1. The van der Waals surface area contributed by atoms with Crippen LogP contribution in [0.5, 0.6) is 5.75 Å². The monoisotopic (exact) mass is 422 g/mol. The largest absolute Gasteiger partial charge is 0.497 e. The number of hydrogen-bond acceptors (Lipinski definition) is 4. The molecule has 1 aromatic heterocycles. The Labute approximate surface area is 172 Å². The van der Waals surface area contributed by atoms with Crippen LogP contribution in [-0.4, -0.2) is 35.0 Å². The molecule has 0 unspecified atom stereocenters. The maximum Gasteiger partial charge on any atom is 0.410 e. The molecule has 2 N–H and O–H groups in total. The number of alkyl halides is 3. The first-order valence-electron chi connectivity index (χ1n) is 10.2. The van der Waals surface area contributed by atoms with Gasteiger partial charge in [0, 0.05) is 12.5 Å². The number of anilines is 1. The zero-order chi connectivity index (χ0) is 21.3. The van der Waals surface area contributed by atoms with Crippen molar-refractivity contribution >= 4 is 11.7 Å². The highest BCUT2D eigenvalue weighted by Crippen LogP contribution is 2.44. The summed E-state index contributed by atoms with van der Waals surface area (Å²) < 4.78 is 47.6. The Morgan fingerprint density at radius 2 is 2.03 bits per heavy atom. The third-order valence-corrected chi connectivity index (χ3v) is 5.92. The van der Waals surface area contributed by atoms with Gasteiger partial charge in [0.2, 0.25) is 0 Å². The van der Waals surface area contributed by atoms with E-state index in [4.69, 9.17) is 4.74 Å². The normalized spacial score (nSPS) is 22.1. The Kier molecular flexibility index (Phi) is 5.62. The first-order valence-corrected chi connectivity index (χ1v) is 10.2. The molecule has 0 bridgehead atoms. The van der Waals surface area contributed by atoms with Crippen LogP contribution < -0.4 is 15.4 Å². The lowest BCUT2D eigenvalue weighted by Gasteiger charge is -2.34. The summed E-state index contributed by atoms with van der Waals surface area (Å²) in [5.74, 6) is 0.278. The van der Waals surface area contributed by atoms with E-state index in [0.717, 1.165) is 36.8 Å². The summed E-state index contributed by atoms with van der Waals surface area (Å²) in [6.45, 7) is 0. The second-order valence-corrected chi connectivity index (χ2v) is 7.93. The van der Waals surface area contributed by atoms with Crippen LogP contribution in [0.1, 0.15) is 66.5 Å². The summed E-state index contributed by atoms with van der Waals surface area (Å²) in [4.78, 5) is 12.8. The van der Waals surface area contributed by atoms with Crippen molar-refractivity contribution in [1.29, 1.82) is 0 Å². The summed E-state index contributed by atoms with van der Waals surface area (Å²) >= 11 is 0. The van der Waals surface area contributed by atoms with E-state index in [-0.39, 0.29) is 29.8 Å². The number of halogens is 3. The highest BCUT2D eigenvalue weighted by Gasteiger charge is 2.47. The van der Waals surface area contributed by atoms with E-state index >= 15 is 0 Å². The molecule has 30 heavy (non-hydrogen) atoms. The smallest absolute Gasteiger partial charge is 0.410 e. The molecule has 1 amide bonds. The van der Waals surface area contributed by atoms with Gasteiger partial charge in [0.05, 0.1) is 19.3 Å². The van der Waals surface area contributed by atoms with Crippen LogP contribution in [0.2, 0.25) is 0 Å². The predicted octanol–water partition coefficient (Wildman–Crippen LogP) is 4.61. The molecule has 1 fully saturated rings. The average Bonchev–Trinajstić information content (AvgIpc) is 3.17. The molecule has 6 nitrogen and oxygen atoms in total. The summed E-state index contributed by atoms with van der Waals surface area (Å²) in [6, 6.07) is 4.54. The maximum absolute atomic E-state index is 13.8. The van der Waals surface area contributed by atoms with Crippen molar-refractivity contribution in [2.45, 2.75) is 62.8 Å². The average molecular weight is 422 g/mol. The van der Waals surface area contributed by atoms with Crippen LogP contribution in [-0.2, 0) is 0 Å². The van der Waals surface area contributed by atoms with Crippen LogP contribution in [0.4, 0.5) is 19.0 Å². The molecule has 0 spiro atoms. The quantitative estimate of drug-likeness (QED) is 0.755. The van der Waals surface area contributed by atoms with Crippen LogP contribution in [0, 0.1) is 0 Å². The molecule has 2 atom stereocenters. The summed E-state index contributed by atoms with van der Waals surface area (Å²) in [6.07, 6.45) is 1.53. The van der Waals surface area contributed by atoms with E-state index in [1.165, 1.54) is 13.3 Å². The molecule has 0 radical (unpaired) electrons. The number of nitrogens with one attached hydrogen (secondary N) is 2. The molecule has 1 saturated carbocycles. The fraction of sp³-hybridized carbons (Fsp3) is 0.524. The first-order chi connectivity index (χ1) is 14.4. The maximum atomic E-state index is 13.8. The third-order valence-electron chi connectivity index (χ3n) is 5.92. The number of aromatic nitrogens is 2. The van der Waals surface area contributed by atoms with Gasteiger partial charge in [-0.15, -0.1) is 0 Å². The van der Waals surface area contributed by atoms with Gasteiger partial charge in [-0.3, -0.25) is 4.79 Å². The summed E-state index contributed by atoms with van der Waals surface area (Å²) in [5.41, 5.74) is 0.803. The van der Waals surface area contributed by atoms with Gasteiger partial charge in [-0.25, -0.2) is 4.68 Å². The number of carbonyl (C=O) groups is 1. The molecule has 9 heteroatoms. The minimum absolute atomic E-state index is 0.0537. The van der Waals surface area contributed by atoms with E-state index in [2.05, 4.69) is 15.7 Å². The topological polar surface area (TPSA) is 68.2 Å². The molecular weight excluding hydrogens is 397 g/mol. The molecule has 0 saturated heterocycles. The number of amides is 1. The number of nitrogens with zero attached hydrogens (tertiary/aromatic N) is 2. The number of benzene rings is 1. The minimum atomic E-state index is -4.49. The molecule has 2 aromatic rings. The Balaban J connectivity index is 1.65. The van der Waals surface area contributed by atoms with E-state index in [0.29, 0.717) is 11.3 Å². The number of methoxy groups -OCH3 is 1. The number of hydrogen-bond donors (Lipinski definition) is 2. The lowest BCUT2D eigenvalue weighted by atomic mass is 9.95. The van der Waals surface area contributed by atoms with Crippen LogP contribution in [0.15, 0.2) is 30.5 Å². The Bertz CT molecular complexity index is 906. The predicted molar refractivity (Wildman–Crippen MR) is 106 cm³/mol. The standard InChI is InChI=1S/C21H25F3N4O2/c1-30-15-9-5-6-13(10-15)17-11-18(21(22,23)24)28-19(27-17)16(12-25-28)20(29)26-14-7-3-2-4-8-14/h5-6,9-10,12,14,17-18,27H,2-4,7-8,11H2,1H3,(H,26,29)/t17-,18-/m0/s1. The summed E-state index contributed by atoms with van der Waals surface area (Å²) in [5, 5.41) is 10.0. The second-order valence-electron chi connectivity index (χ2n) is 7.93. The molecule has 1 aromatic carbocycles. The van der Waals surface area contributed by atoms with Crippen LogP contribution >= 0.6 is 0 Å². The van der Waals surface area contributed by atoms with Crippen molar-refractivity contribution in [3.8, 4) is 5.75 Å². The summed E-state index contributed by atoms with van der Waals surface area (Å²) in [7, 11) is 1.51. The molecule has 1 aliphatic heterocycles. The van der Waals surface area contributed by atoms with E-state index < -0.39 is 18.3 Å². The molecule has 1 aliphatic carbocycles. The third kappa shape index (κ3) is 4.11. The van der Waals surface area contributed by atoms with Crippen molar-refractivity contribution in [2.75, 3.05) is 12.4 Å². The Morgan fingerprint density at radius 3 is 2.73 bits per heavy atom. The molecule has 4 rings (SSSR count). The molecule has 2 heterocycles. The van der Waals surface area contributed by atoms with Crippen molar-refractivity contribution in [2.24, 2.45) is 0 Å². The van der Waals surface area contributed by atoms with Gasteiger partial charge >= 0.3 is 6.18 Å². The minimum Gasteiger partial charge on any atom is -0.497 e. The first kappa shape index (κ1) is 20.6. The fourth-order valence-corrected chi connectivity index (χ4v) is 4.32. The van der Waals surface area contributed by atoms with Crippen molar-refractivity contribution in [3.63, 3.8) is 0 Å². The zero-order valence-corrected chi connectivity index (χ0v) is 16.7. The van der Waals surface area contributed by atoms with Crippen molar-refractivity contribution in [3.05, 3.63) is 41.6 Å². The number of ether oxygens (including phenoxy) is 1. The van der Waals surface area contributed by atoms with Crippen LogP contribution in [0.25, 0.3) is 0 Å². The van der Waals surface area contributed by atoms with Crippen molar-refractivity contribution < 1.29 is 22.7 Å². The fourth-order valence-electron chi connectivity index (χ4n) is 4.32. The zero-order valence-electron chi connectivity index (χ0n) is 16.7. The van der Waals surface area contributed by atoms with Gasteiger partial charge in [-0.1, -0.05) is 31.4 Å². The van der Waals surface area contributed by atoms with Gasteiger partial charge in [0.1, 0.15) is 17.1 Å². The lowest BCUT2D eigenvalue weighted by Crippen LogP contribution is -2.38. The van der Waals surface area contributed by atoms with E-state index in [1.807, 2.05) is 0 Å². The van der Waals surface area contributed by atoms with E-state index in [1.54, 1.807) is 24.3 Å². The van der Waals surface area contributed by atoms with Gasteiger partial charge < -0.3 is 15.4 Å². The van der Waals surface area contributed by atoms with Gasteiger partial charge in [-0.2, -0.15) is 18.3 Å². The molecule has 2 aliphatic rings. The molecular formula is C21H25F3N4O2. The lowest BCUT2D eigenvalue weighted by molar-refractivity contribution is -0.173. The SMILES string of the molecule is COc1cccc([C@@H]2C[C@@H](C(F)(F)F)n3ncc(C(=O)NC4CCCCC4)c3N2)c1. The highest BCUT2D eigenvalue weighted by atomic mass is 19.4.